The van der Waals surface area contributed by atoms with Crippen LogP contribution in [0.5, 0.6) is 5.75 Å². The number of rotatable bonds is 8. The third kappa shape index (κ3) is 4.59. The fourth-order valence-corrected chi connectivity index (χ4v) is 4.52. The lowest BCUT2D eigenvalue weighted by molar-refractivity contribution is 0.341. The molecular formula is C18H29NO4S. The van der Waals surface area contributed by atoms with Gasteiger partial charge in [-0.25, -0.2) is 13.1 Å². The highest BCUT2D eigenvalue weighted by Gasteiger charge is 2.26. The molecule has 0 aromatic heterocycles. The minimum Gasteiger partial charge on any atom is -0.496 e. The van der Waals surface area contributed by atoms with Crippen LogP contribution in [0, 0.1) is 26.7 Å². The summed E-state index contributed by atoms with van der Waals surface area (Å²) in [6.07, 6.45) is 4.10. The maximum atomic E-state index is 13.0. The molecule has 1 aromatic carbocycles. The van der Waals surface area contributed by atoms with Gasteiger partial charge in [0.25, 0.3) is 0 Å². The number of nitrogens with one attached hydrogen (secondary N) is 1. The van der Waals surface area contributed by atoms with Gasteiger partial charge in [-0.05, 0) is 49.4 Å². The molecule has 6 heteroatoms. The predicted molar refractivity (Wildman–Crippen MR) is 97.0 cm³/mol. The van der Waals surface area contributed by atoms with Gasteiger partial charge < -0.3 is 9.84 Å². The van der Waals surface area contributed by atoms with Gasteiger partial charge in [-0.3, -0.25) is 0 Å². The van der Waals surface area contributed by atoms with E-state index in [1.54, 1.807) is 39.2 Å². The average Bonchev–Trinajstić information content (AvgIpc) is 2.53. The molecule has 0 fully saturated rings. The molecule has 0 saturated heterocycles. The van der Waals surface area contributed by atoms with Crippen LogP contribution in [0.25, 0.3) is 0 Å². The fourth-order valence-electron chi connectivity index (χ4n) is 2.69. The minimum absolute atomic E-state index is 0.113. The van der Waals surface area contributed by atoms with Gasteiger partial charge in [0.15, 0.2) is 0 Å². The molecule has 2 atom stereocenters. The van der Waals surface area contributed by atoms with Crippen LogP contribution in [-0.4, -0.2) is 33.3 Å². The summed E-state index contributed by atoms with van der Waals surface area (Å²) in [5.41, 5.74) is 2.15. The Bertz CT molecular complexity index is 695. The normalized spacial score (nSPS) is 14.8. The van der Waals surface area contributed by atoms with Crippen LogP contribution in [0.2, 0.25) is 0 Å². The number of aryl methyl sites for hydroxylation is 1. The van der Waals surface area contributed by atoms with Crippen LogP contribution < -0.4 is 9.46 Å². The number of methoxy groups -OCH3 is 1. The van der Waals surface area contributed by atoms with Crippen LogP contribution in [0.1, 0.15) is 37.0 Å². The predicted octanol–water partition coefficient (Wildman–Crippen LogP) is 2.86. The first-order valence-electron chi connectivity index (χ1n) is 8.14. The van der Waals surface area contributed by atoms with Crippen molar-refractivity contribution in [1.82, 2.24) is 4.72 Å². The smallest absolute Gasteiger partial charge is 0.241 e. The molecule has 0 aliphatic carbocycles. The van der Waals surface area contributed by atoms with Gasteiger partial charge in [0, 0.05) is 6.04 Å². The highest BCUT2D eigenvalue weighted by Crippen LogP contribution is 2.30. The highest BCUT2D eigenvalue weighted by molar-refractivity contribution is 7.89. The van der Waals surface area contributed by atoms with Crippen molar-refractivity contribution in [3.8, 4) is 5.75 Å². The van der Waals surface area contributed by atoms with E-state index in [1.165, 1.54) is 0 Å². The van der Waals surface area contributed by atoms with Crippen molar-refractivity contribution in [2.45, 2.75) is 52.0 Å². The zero-order valence-electron chi connectivity index (χ0n) is 15.4. The zero-order valence-corrected chi connectivity index (χ0v) is 16.2. The Hall–Kier alpha value is -1.37. The number of sulfonamides is 1. The summed E-state index contributed by atoms with van der Waals surface area (Å²) in [6.45, 7) is 9.28. The van der Waals surface area contributed by atoms with Crippen molar-refractivity contribution in [1.29, 1.82) is 0 Å². The molecule has 0 heterocycles. The van der Waals surface area contributed by atoms with E-state index in [2.05, 4.69) is 4.72 Å². The van der Waals surface area contributed by atoms with Crippen molar-refractivity contribution < 1.29 is 18.3 Å². The largest absolute Gasteiger partial charge is 0.496 e. The van der Waals surface area contributed by atoms with Crippen molar-refractivity contribution in [2.24, 2.45) is 5.92 Å². The topological polar surface area (TPSA) is 75.6 Å². The number of aliphatic hydroxyl groups excluding tert-OH is 1. The zero-order chi connectivity index (χ0) is 18.5. The second-order valence-electron chi connectivity index (χ2n) is 6.12. The van der Waals surface area contributed by atoms with Gasteiger partial charge >= 0.3 is 0 Å². The molecule has 0 amide bonds. The third-order valence-corrected chi connectivity index (χ3v) is 6.21. The van der Waals surface area contributed by atoms with E-state index in [-0.39, 0.29) is 18.6 Å². The van der Waals surface area contributed by atoms with E-state index in [1.807, 2.05) is 20.8 Å². The molecule has 0 aliphatic heterocycles. The molecule has 0 bridgehead atoms. The Morgan fingerprint density at radius 3 is 2.42 bits per heavy atom. The van der Waals surface area contributed by atoms with Gasteiger partial charge in [-0.15, -0.1) is 0 Å². The molecule has 1 rings (SSSR count). The van der Waals surface area contributed by atoms with Gasteiger partial charge in [-0.1, -0.05) is 32.4 Å². The summed E-state index contributed by atoms with van der Waals surface area (Å²) in [7, 11) is -2.12. The molecule has 136 valence electrons. The molecule has 0 radical (unpaired) electrons. The summed E-state index contributed by atoms with van der Waals surface area (Å²) in [4.78, 5) is 0.298. The minimum atomic E-state index is -3.69. The molecule has 0 spiro atoms. The second-order valence-corrected chi connectivity index (χ2v) is 7.77. The maximum Gasteiger partial charge on any atom is 0.241 e. The van der Waals surface area contributed by atoms with Crippen molar-refractivity contribution in [3.63, 3.8) is 0 Å². The molecule has 0 unspecified atom stereocenters. The van der Waals surface area contributed by atoms with E-state index in [0.717, 1.165) is 12.0 Å². The summed E-state index contributed by atoms with van der Waals surface area (Å²) >= 11 is 0. The van der Waals surface area contributed by atoms with E-state index in [4.69, 9.17) is 9.84 Å². The molecule has 0 saturated carbocycles. The Morgan fingerprint density at radius 2 is 1.92 bits per heavy atom. The van der Waals surface area contributed by atoms with Gasteiger partial charge in [0.05, 0.1) is 18.6 Å². The summed E-state index contributed by atoms with van der Waals surface area (Å²) in [6, 6.07) is 1.38. The summed E-state index contributed by atoms with van der Waals surface area (Å²) < 4.78 is 34.0. The standard InChI is InChI=1S/C18H29NO4S/c1-7-12(2)16(9-8-10-20)19-24(21,22)18-13(3)11-17(23-6)14(4)15(18)5/h8-9,11-12,16,19-20H,7,10H2,1-6H3/b9-8+/t12-,16+/m0/s1. The third-order valence-electron chi connectivity index (χ3n) is 4.46. The number of aliphatic hydroxyl groups is 1. The van der Waals surface area contributed by atoms with E-state index in [9.17, 15) is 8.42 Å². The Morgan fingerprint density at radius 1 is 1.29 bits per heavy atom. The first-order chi connectivity index (χ1) is 11.2. The molecule has 5 nitrogen and oxygen atoms in total. The lowest BCUT2D eigenvalue weighted by atomic mass is 10.00. The molecule has 2 N–H and O–H groups in total. The van der Waals surface area contributed by atoms with E-state index < -0.39 is 10.0 Å². The van der Waals surface area contributed by atoms with Crippen LogP contribution in [0.3, 0.4) is 0 Å². The van der Waals surface area contributed by atoms with Crippen molar-refractivity contribution in [3.05, 3.63) is 34.9 Å². The fraction of sp³-hybridized carbons (Fsp3) is 0.556. The highest BCUT2D eigenvalue weighted by atomic mass is 32.2. The van der Waals surface area contributed by atoms with Crippen LogP contribution in [-0.2, 0) is 10.0 Å². The molecule has 24 heavy (non-hydrogen) atoms. The Balaban J connectivity index is 3.34. The first-order valence-corrected chi connectivity index (χ1v) is 9.62. The summed E-state index contributed by atoms with van der Waals surface area (Å²) in [5, 5.41) is 8.99. The molecule has 0 aliphatic rings. The van der Waals surface area contributed by atoms with Crippen LogP contribution in [0.4, 0.5) is 0 Å². The first kappa shape index (κ1) is 20.7. The maximum absolute atomic E-state index is 13.0. The van der Waals surface area contributed by atoms with Gasteiger partial charge in [0.2, 0.25) is 10.0 Å². The SMILES string of the molecule is CC[C@H](C)[C@@H](/C=C/CO)NS(=O)(=O)c1c(C)cc(OC)c(C)c1C. The van der Waals surface area contributed by atoms with Gasteiger partial charge in [-0.2, -0.15) is 0 Å². The van der Waals surface area contributed by atoms with Crippen molar-refractivity contribution >= 4 is 10.0 Å². The Kier molecular flexibility index (Phi) is 7.45. The number of benzene rings is 1. The quantitative estimate of drug-likeness (QED) is 0.703. The number of hydrogen-bond acceptors (Lipinski definition) is 4. The molecule has 1 aromatic rings. The molecular weight excluding hydrogens is 326 g/mol. The lowest BCUT2D eigenvalue weighted by Gasteiger charge is -2.23. The average molecular weight is 356 g/mol. The van der Waals surface area contributed by atoms with E-state index >= 15 is 0 Å². The summed E-state index contributed by atoms with van der Waals surface area (Å²) in [5.74, 6) is 0.796. The van der Waals surface area contributed by atoms with Crippen LogP contribution in [0.15, 0.2) is 23.1 Å². The number of hydrogen-bond donors (Lipinski definition) is 2. The van der Waals surface area contributed by atoms with Gasteiger partial charge in [0.1, 0.15) is 5.75 Å². The lowest BCUT2D eigenvalue weighted by Crippen LogP contribution is -2.38. The van der Waals surface area contributed by atoms with E-state index in [0.29, 0.717) is 21.8 Å². The monoisotopic (exact) mass is 355 g/mol. The number of ether oxygens (including phenoxy) is 1. The second kappa shape index (κ2) is 8.65. The Labute approximate surface area is 145 Å². The van der Waals surface area contributed by atoms with Crippen LogP contribution >= 0.6 is 0 Å². The van der Waals surface area contributed by atoms with Crippen molar-refractivity contribution in [2.75, 3.05) is 13.7 Å².